The lowest BCUT2D eigenvalue weighted by atomic mass is 9.95. The highest BCUT2D eigenvalue weighted by Gasteiger charge is 2.40. The molecule has 4 nitrogen and oxygen atoms in total. The van der Waals surface area contributed by atoms with E-state index in [9.17, 15) is 18.0 Å². The van der Waals surface area contributed by atoms with E-state index in [-0.39, 0.29) is 12.6 Å². The van der Waals surface area contributed by atoms with Crippen molar-refractivity contribution in [3.8, 4) is 0 Å². The maximum atomic E-state index is 13.2. The van der Waals surface area contributed by atoms with Gasteiger partial charge < -0.3 is 10.2 Å². The van der Waals surface area contributed by atoms with Crippen molar-refractivity contribution in [3.05, 3.63) is 100 Å². The van der Waals surface area contributed by atoms with Crippen molar-refractivity contribution in [2.24, 2.45) is 0 Å². The smallest absolute Gasteiger partial charge is 0.336 e. The summed E-state index contributed by atoms with van der Waals surface area (Å²) in [6.45, 7) is 0.199. The van der Waals surface area contributed by atoms with Gasteiger partial charge in [0.2, 0.25) is 0 Å². The zero-order valence-electron chi connectivity index (χ0n) is 15.6. The molecule has 2 amide bonds. The SMILES string of the molecule is O=C1NC[C@H](c2cccc(C(F)(F)F)c2)N1C(c1ccc(Cl)cc1)c1cccnc1. The molecule has 30 heavy (non-hydrogen) atoms. The van der Waals surface area contributed by atoms with Gasteiger partial charge in [0, 0.05) is 24.0 Å². The molecule has 0 radical (unpaired) electrons. The quantitative estimate of drug-likeness (QED) is 0.583. The number of aromatic nitrogens is 1. The van der Waals surface area contributed by atoms with E-state index >= 15 is 0 Å². The van der Waals surface area contributed by atoms with Crippen LogP contribution >= 0.6 is 11.6 Å². The molecule has 0 bridgehead atoms. The van der Waals surface area contributed by atoms with Crippen LogP contribution in [0.25, 0.3) is 0 Å². The van der Waals surface area contributed by atoms with Crippen molar-refractivity contribution in [2.45, 2.75) is 18.3 Å². The summed E-state index contributed by atoms with van der Waals surface area (Å²) in [6, 6.07) is 14.2. The number of nitrogens with zero attached hydrogens (tertiary/aromatic N) is 2. The molecule has 0 saturated carbocycles. The van der Waals surface area contributed by atoms with Gasteiger partial charge in [-0.2, -0.15) is 13.2 Å². The predicted octanol–water partition coefficient (Wildman–Crippen LogP) is 5.61. The highest BCUT2D eigenvalue weighted by Crippen LogP contribution is 2.39. The van der Waals surface area contributed by atoms with Gasteiger partial charge in [0.05, 0.1) is 17.6 Å². The Hall–Kier alpha value is -3.06. The van der Waals surface area contributed by atoms with Crippen molar-refractivity contribution in [2.75, 3.05) is 6.54 Å². The maximum absolute atomic E-state index is 13.2. The summed E-state index contributed by atoms with van der Waals surface area (Å²) in [5.41, 5.74) is 1.19. The molecule has 0 aliphatic carbocycles. The number of alkyl halides is 3. The normalized spacial score (nSPS) is 17.7. The lowest BCUT2D eigenvalue weighted by Gasteiger charge is -2.33. The van der Waals surface area contributed by atoms with Crippen LogP contribution in [0.2, 0.25) is 5.02 Å². The highest BCUT2D eigenvalue weighted by atomic mass is 35.5. The summed E-state index contributed by atoms with van der Waals surface area (Å²) in [6.07, 6.45) is -1.19. The second-order valence-electron chi connectivity index (χ2n) is 6.97. The second kappa shape index (κ2) is 7.99. The van der Waals surface area contributed by atoms with Gasteiger partial charge in [-0.15, -0.1) is 0 Å². The van der Waals surface area contributed by atoms with Crippen LogP contribution in [0.15, 0.2) is 73.1 Å². The topological polar surface area (TPSA) is 45.2 Å². The van der Waals surface area contributed by atoms with Crippen molar-refractivity contribution < 1.29 is 18.0 Å². The average Bonchev–Trinajstić information content (AvgIpc) is 3.11. The molecule has 0 spiro atoms. The third-order valence-corrected chi connectivity index (χ3v) is 5.33. The zero-order chi connectivity index (χ0) is 21.3. The fourth-order valence-corrected chi connectivity index (χ4v) is 3.84. The van der Waals surface area contributed by atoms with Gasteiger partial charge in [-0.3, -0.25) is 4.98 Å². The number of nitrogens with one attached hydrogen (secondary N) is 1. The molecule has 8 heteroatoms. The monoisotopic (exact) mass is 431 g/mol. The van der Waals surface area contributed by atoms with Gasteiger partial charge >= 0.3 is 12.2 Å². The first-order valence-corrected chi connectivity index (χ1v) is 9.61. The fourth-order valence-electron chi connectivity index (χ4n) is 3.71. The molecule has 1 saturated heterocycles. The Bertz CT molecular complexity index is 1040. The average molecular weight is 432 g/mol. The molecule has 2 atom stereocenters. The summed E-state index contributed by atoms with van der Waals surface area (Å²) < 4.78 is 39.7. The minimum atomic E-state index is -4.46. The van der Waals surface area contributed by atoms with E-state index in [1.165, 1.54) is 6.07 Å². The number of hydrogen-bond acceptors (Lipinski definition) is 2. The zero-order valence-corrected chi connectivity index (χ0v) is 16.4. The summed E-state index contributed by atoms with van der Waals surface area (Å²) in [4.78, 5) is 18.6. The minimum absolute atomic E-state index is 0.199. The van der Waals surface area contributed by atoms with Gasteiger partial charge in [0.15, 0.2) is 0 Å². The Balaban J connectivity index is 1.81. The van der Waals surface area contributed by atoms with E-state index in [0.29, 0.717) is 10.6 Å². The lowest BCUT2D eigenvalue weighted by Crippen LogP contribution is -2.34. The number of pyridine rings is 1. The molecule has 3 aromatic rings. The summed E-state index contributed by atoms with van der Waals surface area (Å²) in [5.74, 6) is 0. The Labute approximate surface area is 176 Å². The first kappa shape index (κ1) is 20.2. The van der Waals surface area contributed by atoms with Crippen LogP contribution in [0.5, 0.6) is 0 Å². The lowest BCUT2D eigenvalue weighted by molar-refractivity contribution is -0.137. The number of rotatable bonds is 4. The minimum Gasteiger partial charge on any atom is -0.336 e. The molecule has 1 aliphatic rings. The molecule has 4 rings (SSSR count). The largest absolute Gasteiger partial charge is 0.416 e. The van der Waals surface area contributed by atoms with E-state index < -0.39 is 23.8 Å². The number of hydrogen-bond donors (Lipinski definition) is 1. The van der Waals surface area contributed by atoms with Gasteiger partial charge in [0.1, 0.15) is 0 Å². The van der Waals surface area contributed by atoms with Gasteiger partial charge in [0.25, 0.3) is 0 Å². The number of carbonyl (C=O) groups excluding carboxylic acids is 1. The van der Waals surface area contributed by atoms with Crippen LogP contribution in [0.3, 0.4) is 0 Å². The van der Waals surface area contributed by atoms with Crippen LogP contribution < -0.4 is 5.32 Å². The maximum Gasteiger partial charge on any atom is 0.416 e. The van der Waals surface area contributed by atoms with Crippen molar-refractivity contribution in [1.82, 2.24) is 15.2 Å². The van der Waals surface area contributed by atoms with Crippen LogP contribution in [0.4, 0.5) is 18.0 Å². The first-order chi connectivity index (χ1) is 14.3. The van der Waals surface area contributed by atoms with E-state index in [1.54, 1.807) is 53.7 Å². The molecule has 1 N–H and O–H groups in total. The van der Waals surface area contributed by atoms with Crippen LogP contribution in [0, 0.1) is 0 Å². The summed E-state index contributed by atoms with van der Waals surface area (Å²) >= 11 is 6.02. The molecular weight excluding hydrogens is 415 g/mol. The second-order valence-corrected chi connectivity index (χ2v) is 7.41. The van der Waals surface area contributed by atoms with E-state index in [0.717, 1.165) is 23.3 Å². The third-order valence-electron chi connectivity index (χ3n) is 5.08. The van der Waals surface area contributed by atoms with E-state index in [2.05, 4.69) is 10.3 Å². The number of urea groups is 1. The Kier molecular flexibility index (Phi) is 5.39. The molecule has 2 aromatic carbocycles. The third kappa shape index (κ3) is 3.98. The molecule has 1 unspecified atom stereocenters. The number of halogens is 4. The Morgan fingerprint density at radius 2 is 1.83 bits per heavy atom. The van der Waals surface area contributed by atoms with Crippen LogP contribution in [-0.2, 0) is 6.18 Å². The molecule has 2 heterocycles. The van der Waals surface area contributed by atoms with Crippen molar-refractivity contribution >= 4 is 17.6 Å². The molecular formula is C22H17ClF3N3O. The van der Waals surface area contributed by atoms with Crippen molar-refractivity contribution in [1.29, 1.82) is 0 Å². The molecule has 1 fully saturated rings. The number of benzene rings is 2. The molecule has 154 valence electrons. The number of amides is 2. The number of carbonyl (C=O) groups is 1. The summed E-state index contributed by atoms with van der Waals surface area (Å²) in [5, 5.41) is 3.31. The predicted molar refractivity (Wildman–Crippen MR) is 107 cm³/mol. The van der Waals surface area contributed by atoms with Crippen LogP contribution in [-0.4, -0.2) is 22.5 Å². The highest BCUT2D eigenvalue weighted by molar-refractivity contribution is 6.30. The van der Waals surface area contributed by atoms with Gasteiger partial charge in [-0.25, -0.2) is 4.79 Å². The van der Waals surface area contributed by atoms with Gasteiger partial charge in [-0.05, 0) is 47.0 Å². The summed E-state index contributed by atoms with van der Waals surface area (Å²) in [7, 11) is 0. The fraction of sp³-hybridized carbons (Fsp3) is 0.182. The van der Waals surface area contributed by atoms with E-state index in [4.69, 9.17) is 11.6 Å². The Morgan fingerprint density at radius 3 is 2.50 bits per heavy atom. The molecule has 1 aromatic heterocycles. The first-order valence-electron chi connectivity index (χ1n) is 9.23. The Morgan fingerprint density at radius 1 is 1.07 bits per heavy atom. The van der Waals surface area contributed by atoms with Gasteiger partial charge in [-0.1, -0.05) is 41.9 Å². The standard InChI is InChI=1S/C22H17ClF3N3O/c23-18-8-6-14(7-9-18)20(16-4-2-10-27-12-16)29-19(13-28-21(29)30)15-3-1-5-17(11-15)22(24,25)26/h1-12,19-20H,13H2,(H,28,30)/t19-,20?/m1/s1. The van der Waals surface area contributed by atoms with Crippen LogP contribution in [0.1, 0.15) is 34.3 Å². The van der Waals surface area contributed by atoms with Crippen molar-refractivity contribution in [3.63, 3.8) is 0 Å². The molecule has 1 aliphatic heterocycles. The van der Waals surface area contributed by atoms with E-state index in [1.807, 2.05) is 6.07 Å².